The van der Waals surface area contributed by atoms with E-state index in [4.69, 9.17) is 4.74 Å². The van der Waals surface area contributed by atoms with Gasteiger partial charge in [-0.05, 0) is 31.0 Å². The number of methoxy groups -OCH3 is 1. The van der Waals surface area contributed by atoms with Crippen molar-refractivity contribution in [2.75, 3.05) is 25.6 Å². The molecule has 0 aliphatic carbocycles. The maximum Gasteiger partial charge on any atom is 0.337 e. The standard InChI is InChI=1S/C14H17NO5/c1-19-14(18)10-2-3-11(12(16)8-10)15-13(17)9-4-6-20-7-5-9/h2-3,8-9,16H,4-7H2,1H3,(H,15,17). The van der Waals surface area contributed by atoms with Crippen molar-refractivity contribution < 1.29 is 24.2 Å². The van der Waals surface area contributed by atoms with Crippen LogP contribution in [0.5, 0.6) is 5.75 Å². The van der Waals surface area contributed by atoms with Crippen LogP contribution in [0.1, 0.15) is 23.2 Å². The van der Waals surface area contributed by atoms with Gasteiger partial charge in [0.15, 0.2) is 0 Å². The average molecular weight is 279 g/mol. The van der Waals surface area contributed by atoms with Crippen molar-refractivity contribution in [1.82, 2.24) is 0 Å². The summed E-state index contributed by atoms with van der Waals surface area (Å²) < 4.78 is 9.75. The number of amides is 1. The third-order valence-corrected chi connectivity index (χ3v) is 3.27. The topological polar surface area (TPSA) is 84.9 Å². The summed E-state index contributed by atoms with van der Waals surface area (Å²) in [6.07, 6.45) is 1.35. The first kappa shape index (κ1) is 14.3. The second-order valence-corrected chi connectivity index (χ2v) is 4.60. The molecular weight excluding hydrogens is 262 g/mol. The van der Waals surface area contributed by atoms with Crippen molar-refractivity contribution in [2.45, 2.75) is 12.8 Å². The Bertz CT molecular complexity index is 508. The van der Waals surface area contributed by atoms with Crippen LogP contribution in [0.15, 0.2) is 18.2 Å². The number of esters is 1. The lowest BCUT2D eigenvalue weighted by atomic mass is 9.99. The summed E-state index contributed by atoms with van der Waals surface area (Å²) in [7, 11) is 1.26. The van der Waals surface area contributed by atoms with Crippen molar-refractivity contribution in [1.29, 1.82) is 0 Å². The summed E-state index contributed by atoms with van der Waals surface area (Å²) in [4.78, 5) is 23.3. The van der Waals surface area contributed by atoms with Crippen LogP contribution < -0.4 is 5.32 Å². The SMILES string of the molecule is COC(=O)c1ccc(NC(=O)C2CCOCC2)c(O)c1. The molecule has 0 aromatic heterocycles. The summed E-state index contributed by atoms with van der Waals surface area (Å²) in [5, 5.41) is 12.5. The fourth-order valence-electron chi connectivity index (χ4n) is 2.08. The summed E-state index contributed by atoms with van der Waals surface area (Å²) in [5.74, 6) is -0.950. The van der Waals surface area contributed by atoms with Crippen molar-refractivity contribution in [3.8, 4) is 5.75 Å². The van der Waals surface area contributed by atoms with Gasteiger partial charge in [0.25, 0.3) is 0 Å². The molecule has 0 bridgehead atoms. The van der Waals surface area contributed by atoms with Gasteiger partial charge in [-0.2, -0.15) is 0 Å². The minimum absolute atomic E-state index is 0.108. The molecule has 1 fully saturated rings. The first-order valence-electron chi connectivity index (χ1n) is 6.41. The fourth-order valence-corrected chi connectivity index (χ4v) is 2.08. The molecule has 1 saturated heterocycles. The highest BCUT2D eigenvalue weighted by Crippen LogP contribution is 2.26. The molecule has 0 spiro atoms. The van der Waals surface area contributed by atoms with E-state index in [2.05, 4.69) is 10.1 Å². The Morgan fingerprint density at radius 2 is 2.05 bits per heavy atom. The van der Waals surface area contributed by atoms with Gasteiger partial charge in [0.1, 0.15) is 5.75 Å². The molecule has 1 aliphatic rings. The van der Waals surface area contributed by atoms with E-state index in [1.165, 1.54) is 25.3 Å². The first-order valence-corrected chi connectivity index (χ1v) is 6.41. The van der Waals surface area contributed by atoms with Crippen LogP contribution in [0.4, 0.5) is 5.69 Å². The van der Waals surface area contributed by atoms with Crippen LogP contribution in [-0.4, -0.2) is 37.3 Å². The zero-order valence-electron chi connectivity index (χ0n) is 11.2. The fraction of sp³-hybridized carbons (Fsp3) is 0.429. The van der Waals surface area contributed by atoms with Gasteiger partial charge >= 0.3 is 5.97 Å². The Hall–Kier alpha value is -2.08. The van der Waals surface area contributed by atoms with Crippen molar-refractivity contribution in [3.05, 3.63) is 23.8 Å². The Morgan fingerprint density at radius 3 is 2.65 bits per heavy atom. The van der Waals surface area contributed by atoms with Crippen molar-refractivity contribution in [2.24, 2.45) is 5.92 Å². The van der Waals surface area contributed by atoms with Crippen LogP contribution in [0.2, 0.25) is 0 Å². The number of rotatable bonds is 3. The second-order valence-electron chi connectivity index (χ2n) is 4.60. The van der Waals surface area contributed by atoms with Gasteiger partial charge in [-0.25, -0.2) is 4.79 Å². The number of phenols is 1. The highest BCUT2D eigenvalue weighted by molar-refractivity contribution is 5.96. The van der Waals surface area contributed by atoms with Crippen LogP contribution in [0, 0.1) is 5.92 Å². The van der Waals surface area contributed by atoms with Crippen LogP contribution in [-0.2, 0) is 14.3 Å². The summed E-state index contributed by atoms with van der Waals surface area (Å²) >= 11 is 0. The molecule has 1 aromatic rings. The average Bonchev–Trinajstić information content (AvgIpc) is 2.49. The molecule has 0 saturated carbocycles. The highest BCUT2D eigenvalue weighted by Gasteiger charge is 2.22. The van der Waals surface area contributed by atoms with E-state index in [9.17, 15) is 14.7 Å². The number of ether oxygens (including phenoxy) is 2. The molecular formula is C14H17NO5. The quantitative estimate of drug-likeness (QED) is 0.647. The number of aromatic hydroxyl groups is 1. The van der Waals surface area contributed by atoms with Gasteiger partial charge < -0.3 is 19.9 Å². The summed E-state index contributed by atoms with van der Waals surface area (Å²) in [6, 6.07) is 4.25. The number of hydrogen-bond donors (Lipinski definition) is 2. The minimum atomic E-state index is -0.539. The lowest BCUT2D eigenvalue weighted by Crippen LogP contribution is -2.28. The monoisotopic (exact) mass is 279 g/mol. The van der Waals surface area contributed by atoms with Gasteiger partial charge in [-0.15, -0.1) is 0 Å². The van der Waals surface area contributed by atoms with Gasteiger partial charge in [0.2, 0.25) is 5.91 Å². The molecule has 2 N–H and O–H groups in total. The van der Waals surface area contributed by atoms with Gasteiger partial charge in [0.05, 0.1) is 18.4 Å². The molecule has 6 heteroatoms. The molecule has 20 heavy (non-hydrogen) atoms. The Kier molecular flexibility index (Phi) is 4.57. The van der Waals surface area contributed by atoms with Crippen molar-refractivity contribution in [3.63, 3.8) is 0 Å². The highest BCUT2D eigenvalue weighted by atomic mass is 16.5. The number of carbonyl (C=O) groups excluding carboxylic acids is 2. The van der Waals surface area contributed by atoms with E-state index in [1.54, 1.807) is 0 Å². The second kappa shape index (κ2) is 6.38. The molecule has 108 valence electrons. The smallest absolute Gasteiger partial charge is 0.337 e. The molecule has 1 aliphatic heterocycles. The van der Waals surface area contributed by atoms with Crippen LogP contribution in [0.3, 0.4) is 0 Å². The lowest BCUT2D eigenvalue weighted by Gasteiger charge is -2.21. The molecule has 0 unspecified atom stereocenters. The third kappa shape index (κ3) is 3.27. The lowest BCUT2D eigenvalue weighted by molar-refractivity contribution is -0.122. The summed E-state index contributed by atoms with van der Waals surface area (Å²) in [6.45, 7) is 1.15. The van der Waals surface area contributed by atoms with Crippen LogP contribution >= 0.6 is 0 Å². The predicted octanol–water partition coefficient (Wildman–Crippen LogP) is 1.54. The van der Waals surface area contributed by atoms with Gasteiger partial charge in [-0.3, -0.25) is 4.79 Å². The summed E-state index contributed by atoms with van der Waals surface area (Å²) in [5.41, 5.74) is 0.517. The first-order chi connectivity index (χ1) is 9.61. The van der Waals surface area contributed by atoms with E-state index in [1.807, 2.05) is 0 Å². The number of nitrogens with one attached hydrogen (secondary N) is 1. The molecule has 6 nitrogen and oxygen atoms in total. The normalized spacial score (nSPS) is 15.7. The molecule has 1 amide bonds. The molecule has 1 aromatic carbocycles. The minimum Gasteiger partial charge on any atom is -0.506 e. The van der Waals surface area contributed by atoms with Gasteiger partial charge in [-0.1, -0.05) is 0 Å². The number of phenolic OH excluding ortho intramolecular Hbond substituents is 1. The van der Waals surface area contributed by atoms with Gasteiger partial charge in [0, 0.05) is 19.1 Å². The number of anilines is 1. The maximum absolute atomic E-state index is 12.0. The van der Waals surface area contributed by atoms with E-state index in [0.29, 0.717) is 26.1 Å². The molecule has 0 atom stereocenters. The Morgan fingerprint density at radius 1 is 1.35 bits per heavy atom. The molecule has 0 radical (unpaired) electrons. The molecule has 2 rings (SSSR count). The van der Waals surface area contributed by atoms with E-state index >= 15 is 0 Å². The largest absolute Gasteiger partial charge is 0.506 e. The van der Waals surface area contributed by atoms with E-state index < -0.39 is 5.97 Å². The number of carbonyl (C=O) groups is 2. The van der Waals surface area contributed by atoms with Crippen molar-refractivity contribution >= 4 is 17.6 Å². The third-order valence-electron chi connectivity index (χ3n) is 3.27. The zero-order valence-corrected chi connectivity index (χ0v) is 11.2. The van der Waals surface area contributed by atoms with E-state index in [-0.39, 0.29) is 28.8 Å². The molecule has 1 heterocycles. The number of hydrogen-bond acceptors (Lipinski definition) is 5. The van der Waals surface area contributed by atoms with E-state index in [0.717, 1.165) is 0 Å². The van der Waals surface area contributed by atoms with Crippen LogP contribution in [0.25, 0.3) is 0 Å². The Labute approximate surface area is 116 Å². The zero-order chi connectivity index (χ0) is 14.5. The number of benzene rings is 1. The Balaban J connectivity index is 2.05. The maximum atomic E-state index is 12.0. The predicted molar refractivity (Wildman–Crippen MR) is 71.6 cm³/mol.